The van der Waals surface area contributed by atoms with Gasteiger partial charge in [0.15, 0.2) is 5.96 Å². The van der Waals surface area contributed by atoms with Gasteiger partial charge in [-0.05, 0) is 26.2 Å². The predicted molar refractivity (Wildman–Crippen MR) is 94.2 cm³/mol. The average molecular weight is 346 g/mol. The molecule has 1 aliphatic heterocycles. The molecule has 2 rings (SSSR count). The van der Waals surface area contributed by atoms with Crippen LogP contribution in [0.1, 0.15) is 39.0 Å². The highest BCUT2D eigenvalue weighted by Gasteiger charge is 2.30. The van der Waals surface area contributed by atoms with E-state index in [0.717, 1.165) is 31.5 Å². The lowest BCUT2D eigenvalue weighted by molar-refractivity contribution is 0.242. The predicted octanol–water partition coefficient (Wildman–Crippen LogP) is 0.108. The van der Waals surface area contributed by atoms with Gasteiger partial charge in [-0.2, -0.15) is 0 Å². The second-order valence-corrected chi connectivity index (χ2v) is 8.46. The molecule has 3 N–H and O–H groups in total. The van der Waals surface area contributed by atoms with E-state index in [1.165, 1.54) is 25.7 Å². The molecule has 2 fully saturated rings. The summed E-state index contributed by atoms with van der Waals surface area (Å²) in [6, 6.07) is 1.20. The van der Waals surface area contributed by atoms with E-state index < -0.39 is 10.0 Å². The highest BCUT2D eigenvalue weighted by molar-refractivity contribution is 7.89. The van der Waals surface area contributed by atoms with Crippen molar-refractivity contribution in [3.8, 4) is 0 Å². The van der Waals surface area contributed by atoms with Crippen LogP contribution in [0.25, 0.3) is 0 Å². The van der Waals surface area contributed by atoms with Gasteiger partial charge in [-0.25, -0.2) is 13.1 Å². The smallest absolute Gasteiger partial charge is 0.211 e. The van der Waals surface area contributed by atoms with Gasteiger partial charge in [0.05, 0.1) is 5.75 Å². The lowest BCUT2D eigenvalue weighted by Crippen LogP contribution is -2.47. The quantitative estimate of drug-likeness (QED) is 0.346. The van der Waals surface area contributed by atoms with E-state index in [9.17, 15) is 8.42 Å². The standard InChI is InChI=1S/C15H31N5O2S/c1-3-23(21,22)18-10-9-17-15(16-2)19-13-8-11-20(12-13)14-6-4-5-7-14/h13-14,18H,3-12H2,1-2H3,(H2,16,17,19). The first-order chi connectivity index (χ1) is 11.0. The molecule has 1 unspecified atom stereocenters. The minimum Gasteiger partial charge on any atom is -0.355 e. The maximum atomic E-state index is 11.4. The Bertz CT molecular complexity index is 488. The average Bonchev–Trinajstić information content (AvgIpc) is 3.21. The van der Waals surface area contributed by atoms with Crippen molar-refractivity contribution < 1.29 is 8.42 Å². The van der Waals surface area contributed by atoms with Crippen molar-refractivity contribution in [2.75, 3.05) is 39.0 Å². The third-order valence-corrected chi connectivity index (χ3v) is 6.15. The lowest BCUT2D eigenvalue weighted by atomic mass is 10.2. The summed E-state index contributed by atoms with van der Waals surface area (Å²) >= 11 is 0. The van der Waals surface area contributed by atoms with Crippen molar-refractivity contribution in [3.63, 3.8) is 0 Å². The fraction of sp³-hybridized carbons (Fsp3) is 0.933. The van der Waals surface area contributed by atoms with Gasteiger partial charge in [-0.15, -0.1) is 0 Å². The molecule has 0 aromatic heterocycles. The van der Waals surface area contributed by atoms with Gasteiger partial charge in [0, 0.05) is 45.3 Å². The van der Waals surface area contributed by atoms with Crippen molar-refractivity contribution in [1.29, 1.82) is 0 Å². The van der Waals surface area contributed by atoms with Crippen LogP contribution in [0.3, 0.4) is 0 Å². The molecule has 0 aromatic rings. The van der Waals surface area contributed by atoms with Crippen LogP contribution in [0, 0.1) is 0 Å². The third-order valence-electron chi connectivity index (χ3n) is 4.74. The SMILES string of the molecule is CCS(=O)(=O)NCCNC(=NC)NC1CCN(C2CCCC2)C1. The molecule has 1 heterocycles. The van der Waals surface area contributed by atoms with E-state index in [1.54, 1.807) is 14.0 Å². The van der Waals surface area contributed by atoms with Crippen LogP contribution in [-0.4, -0.2) is 70.3 Å². The zero-order valence-corrected chi connectivity index (χ0v) is 15.2. The number of sulfonamides is 1. The summed E-state index contributed by atoms with van der Waals surface area (Å²) in [5.74, 6) is 0.859. The van der Waals surface area contributed by atoms with Gasteiger partial charge in [0.2, 0.25) is 10.0 Å². The Kier molecular flexibility index (Phi) is 7.10. The van der Waals surface area contributed by atoms with E-state index in [-0.39, 0.29) is 5.75 Å². The summed E-state index contributed by atoms with van der Waals surface area (Å²) < 4.78 is 25.3. The normalized spacial score (nSPS) is 24.3. The summed E-state index contributed by atoms with van der Waals surface area (Å²) in [6.07, 6.45) is 6.57. The van der Waals surface area contributed by atoms with Gasteiger partial charge in [0.1, 0.15) is 0 Å². The van der Waals surface area contributed by atoms with Crippen LogP contribution < -0.4 is 15.4 Å². The number of rotatable bonds is 7. The second kappa shape index (κ2) is 8.84. The highest BCUT2D eigenvalue weighted by Crippen LogP contribution is 2.26. The van der Waals surface area contributed by atoms with Gasteiger partial charge in [-0.3, -0.25) is 9.89 Å². The summed E-state index contributed by atoms with van der Waals surface area (Å²) in [7, 11) is -1.37. The van der Waals surface area contributed by atoms with E-state index in [4.69, 9.17) is 0 Å². The molecular formula is C15H31N5O2S. The third kappa shape index (κ3) is 5.93. The number of nitrogens with zero attached hydrogens (tertiary/aromatic N) is 2. The Hall–Kier alpha value is -0.860. The summed E-state index contributed by atoms with van der Waals surface area (Å²) in [6.45, 7) is 4.77. The maximum Gasteiger partial charge on any atom is 0.211 e. The molecule has 7 nitrogen and oxygen atoms in total. The largest absolute Gasteiger partial charge is 0.355 e. The molecule has 0 bridgehead atoms. The molecule has 0 radical (unpaired) electrons. The molecule has 134 valence electrons. The molecule has 1 aliphatic carbocycles. The fourth-order valence-corrected chi connectivity index (χ4v) is 4.00. The molecule has 0 spiro atoms. The van der Waals surface area contributed by atoms with Crippen LogP contribution in [0.2, 0.25) is 0 Å². The number of aliphatic imine (C=N–C) groups is 1. The monoisotopic (exact) mass is 345 g/mol. The van der Waals surface area contributed by atoms with Crippen LogP contribution in [0.15, 0.2) is 4.99 Å². The molecule has 0 aromatic carbocycles. The highest BCUT2D eigenvalue weighted by atomic mass is 32.2. The van der Waals surface area contributed by atoms with Crippen molar-refractivity contribution in [3.05, 3.63) is 0 Å². The Balaban J connectivity index is 1.67. The maximum absolute atomic E-state index is 11.4. The zero-order chi connectivity index (χ0) is 16.7. The van der Waals surface area contributed by atoms with Gasteiger partial charge >= 0.3 is 0 Å². The minimum absolute atomic E-state index is 0.110. The molecule has 1 saturated carbocycles. The van der Waals surface area contributed by atoms with E-state index in [0.29, 0.717) is 19.1 Å². The first kappa shape index (κ1) is 18.5. The number of nitrogens with one attached hydrogen (secondary N) is 3. The minimum atomic E-state index is -3.12. The fourth-order valence-electron chi connectivity index (χ4n) is 3.38. The summed E-state index contributed by atoms with van der Waals surface area (Å²) in [5.41, 5.74) is 0. The topological polar surface area (TPSA) is 85.8 Å². The summed E-state index contributed by atoms with van der Waals surface area (Å²) in [5, 5.41) is 6.62. The molecule has 1 atom stereocenters. The molecule has 23 heavy (non-hydrogen) atoms. The van der Waals surface area contributed by atoms with Crippen LogP contribution in [0.4, 0.5) is 0 Å². The van der Waals surface area contributed by atoms with E-state index >= 15 is 0 Å². The van der Waals surface area contributed by atoms with Crippen molar-refractivity contribution in [1.82, 2.24) is 20.3 Å². The first-order valence-electron chi connectivity index (χ1n) is 8.72. The number of hydrogen-bond acceptors (Lipinski definition) is 4. The number of guanidine groups is 1. The first-order valence-corrected chi connectivity index (χ1v) is 10.4. The second-order valence-electron chi connectivity index (χ2n) is 6.36. The number of likely N-dealkylation sites (tertiary alicyclic amines) is 1. The van der Waals surface area contributed by atoms with Crippen molar-refractivity contribution >= 4 is 16.0 Å². The molecule has 0 amide bonds. The van der Waals surface area contributed by atoms with Crippen LogP contribution in [-0.2, 0) is 10.0 Å². The Labute approximate surface area is 140 Å². The Morgan fingerprint density at radius 1 is 1.22 bits per heavy atom. The molecule has 8 heteroatoms. The van der Waals surface area contributed by atoms with Gasteiger partial charge in [-0.1, -0.05) is 12.8 Å². The molecule has 1 saturated heterocycles. The Morgan fingerprint density at radius 3 is 2.61 bits per heavy atom. The van der Waals surface area contributed by atoms with E-state index in [2.05, 4.69) is 25.2 Å². The van der Waals surface area contributed by atoms with Gasteiger partial charge < -0.3 is 10.6 Å². The number of hydrogen-bond donors (Lipinski definition) is 3. The van der Waals surface area contributed by atoms with Crippen LogP contribution in [0.5, 0.6) is 0 Å². The van der Waals surface area contributed by atoms with Crippen molar-refractivity contribution in [2.45, 2.75) is 51.1 Å². The van der Waals surface area contributed by atoms with E-state index in [1.807, 2.05) is 0 Å². The zero-order valence-electron chi connectivity index (χ0n) is 14.3. The molecular weight excluding hydrogens is 314 g/mol. The summed E-state index contributed by atoms with van der Waals surface area (Å²) in [4.78, 5) is 6.83. The lowest BCUT2D eigenvalue weighted by Gasteiger charge is -2.24. The van der Waals surface area contributed by atoms with Crippen molar-refractivity contribution in [2.24, 2.45) is 4.99 Å². The Morgan fingerprint density at radius 2 is 1.96 bits per heavy atom. The van der Waals surface area contributed by atoms with Gasteiger partial charge in [0.25, 0.3) is 0 Å². The van der Waals surface area contributed by atoms with Crippen LogP contribution >= 0.6 is 0 Å². The molecule has 2 aliphatic rings.